The molecule has 0 unspecified atom stereocenters. The summed E-state index contributed by atoms with van der Waals surface area (Å²) in [5, 5.41) is 12.4. The number of hydrogen-bond acceptors (Lipinski definition) is 4. The second-order valence-electron chi connectivity index (χ2n) is 3.34. The van der Waals surface area contributed by atoms with Crippen LogP contribution in [0.25, 0.3) is 0 Å². The Morgan fingerprint density at radius 2 is 2.40 bits per heavy atom. The van der Waals surface area contributed by atoms with Gasteiger partial charge in [-0.1, -0.05) is 11.6 Å². The monoisotopic (exact) mass is 232 g/mol. The normalized spacial score (nSPS) is 25.5. The molecule has 15 heavy (non-hydrogen) atoms. The largest absolute Gasteiger partial charge is 0.388 e. The lowest BCUT2D eigenvalue weighted by atomic mass is 10.2. The van der Waals surface area contributed by atoms with Crippen LogP contribution in [0.15, 0.2) is 12.3 Å². The first-order valence-corrected chi connectivity index (χ1v) is 4.88. The third-order valence-corrected chi connectivity index (χ3v) is 2.39. The van der Waals surface area contributed by atoms with Crippen molar-refractivity contribution in [3.05, 3.63) is 23.1 Å². The van der Waals surface area contributed by atoms with E-state index in [2.05, 4.69) is 10.3 Å². The molecule has 2 heterocycles. The van der Waals surface area contributed by atoms with E-state index in [1.165, 1.54) is 12.3 Å². The molecular weight excluding hydrogens is 223 g/mol. The maximum atomic E-state index is 13.3. The Bertz CT molecular complexity index is 364. The Labute approximate surface area is 91.0 Å². The summed E-state index contributed by atoms with van der Waals surface area (Å²) in [6.45, 7) is 0.595. The molecule has 2 atom stereocenters. The summed E-state index contributed by atoms with van der Waals surface area (Å²) in [4.78, 5) is 3.79. The topological polar surface area (TPSA) is 54.4 Å². The van der Waals surface area contributed by atoms with Crippen LogP contribution >= 0.6 is 11.6 Å². The number of rotatable bonds is 2. The molecule has 1 aromatic rings. The highest BCUT2D eigenvalue weighted by Crippen LogP contribution is 2.18. The van der Waals surface area contributed by atoms with Crippen molar-refractivity contribution in [1.82, 2.24) is 4.98 Å². The molecule has 2 rings (SSSR count). The molecule has 1 aliphatic heterocycles. The lowest BCUT2D eigenvalue weighted by Gasteiger charge is -2.15. The minimum atomic E-state index is -0.637. The third kappa shape index (κ3) is 2.37. The molecule has 0 amide bonds. The number of aliphatic hydroxyl groups is 1. The molecule has 1 aliphatic rings. The number of aromatic nitrogens is 1. The summed E-state index contributed by atoms with van der Waals surface area (Å²) in [5.41, 5.74) is 0. The Kier molecular flexibility index (Phi) is 3.04. The van der Waals surface area contributed by atoms with Crippen LogP contribution in [0.4, 0.5) is 10.2 Å². The standard InChI is InChI=1S/C9H10ClFN2O2/c10-5-1-6(11)9(12-2-5)13-7-3-15-4-8(7)14/h1-2,7-8,14H,3-4H2,(H,12,13)/t7-,8-/m1/s1. The number of anilines is 1. The molecule has 1 fully saturated rings. The van der Waals surface area contributed by atoms with Crippen LogP contribution in [0.2, 0.25) is 5.02 Å². The Morgan fingerprint density at radius 3 is 3.00 bits per heavy atom. The summed E-state index contributed by atoms with van der Waals surface area (Å²) in [6.07, 6.45) is 0.705. The van der Waals surface area contributed by atoms with E-state index in [0.717, 1.165) is 0 Å². The Balaban J connectivity index is 2.10. The molecule has 0 saturated carbocycles. The van der Waals surface area contributed by atoms with Gasteiger partial charge in [-0.2, -0.15) is 0 Å². The highest BCUT2D eigenvalue weighted by atomic mass is 35.5. The minimum Gasteiger partial charge on any atom is -0.388 e. The summed E-state index contributed by atoms with van der Waals surface area (Å²) in [6, 6.07) is 0.840. The van der Waals surface area contributed by atoms with Crippen molar-refractivity contribution in [2.75, 3.05) is 18.5 Å². The number of pyridine rings is 1. The first-order valence-electron chi connectivity index (χ1n) is 4.50. The summed E-state index contributed by atoms with van der Waals surface area (Å²) >= 11 is 5.56. The minimum absolute atomic E-state index is 0.0777. The zero-order valence-corrected chi connectivity index (χ0v) is 8.54. The number of aliphatic hydroxyl groups excluding tert-OH is 1. The van der Waals surface area contributed by atoms with Crippen LogP contribution in [-0.4, -0.2) is 35.5 Å². The van der Waals surface area contributed by atoms with Gasteiger partial charge in [0.1, 0.15) is 0 Å². The van der Waals surface area contributed by atoms with E-state index in [0.29, 0.717) is 6.61 Å². The second-order valence-corrected chi connectivity index (χ2v) is 3.78. The van der Waals surface area contributed by atoms with Gasteiger partial charge in [-0.3, -0.25) is 0 Å². The maximum Gasteiger partial charge on any atom is 0.166 e. The van der Waals surface area contributed by atoms with Crippen LogP contribution < -0.4 is 5.32 Å². The molecule has 0 bridgehead atoms. The predicted molar refractivity (Wildman–Crippen MR) is 53.4 cm³/mol. The Hall–Kier alpha value is -0.910. The molecule has 1 saturated heterocycles. The lowest BCUT2D eigenvalue weighted by Crippen LogP contribution is -2.32. The molecule has 1 aromatic heterocycles. The second kappa shape index (κ2) is 4.30. The van der Waals surface area contributed by atoms with Gasteiger partial charge in [0, 0.05) is 6.20 Å². The van der Waals surface area contributed by atoms with Gasteiger partial charge in [-0.05, 0) is 6.07 Å². The van der Waals surface area contributed by atoms with Gasteiger partial charge < -0.3 is 15.2 Å². The van der Waals surface area contributed by atoms with E-state index in [1.54, 1.807) is 0 Å². The van der Waals surface area contributed by atoms with Crippen LogP contribution in [-0.2, 0) is 4.74 Å². The third-order valence-electron chi connectivity index (χ3n) is 2.18. The molecule has 4 nitrogen and oxygen atoms in total. The first kappa shape index (κ1) is 10.6. The number of halogens is 2. The van der Waals surface area contributed by atoms with E-state index < -0.39 is 11.9 Å². The fraction of sp³-hybridized carbons (Fsp3) is 0.444. The number of nitrogens with one attached hydrogen (secondary N) is 1. The number of nitrogens with zero attached hydrogens (tertiary/aromatic N) is 1. The van der Waals surface area contributed by atoms with Crippen molar-refractivity contribution < 1.29 is 14.2 Å². The van der Waals surface area contributed by atoms with Crippen molar-refractivity contribution in [2.45, 2.75) is 12.1 Å². The summed E-state index contributed by atoms with van der Waals surface area (Å²) < 4.78 is 18.3. The van der Waals surface area contributed by atoms with Gasteiger partial charge in [0.05, 0.1) is 30.4 Å². The van der Waals surface area contributed by atoms with Gasteiger partial charge in [-0.25, -0.2) is 9.37 Å². The van der Waals surface area contributed by atoms with Crippen molar-refractivity contribution in [3.63, 3.8) is 0 Å². The van der Waals surface area contributed by atoms with Gasteiger partial charge in [0.25, 0.3) is 0 Å². The average Bonchev–Trinajstić information content (AvgIpc) is 2.57. The molecule has 0 spiro atoms. The van der Waals surface area contributed by atoms with Gasteiger partial charge in [-0.15, -0.1) is 0 Å². The summed E-state index contributed by atoms with van der Waals surface area (Å²) in [5.74, 6) is -0.462. The van der Waals surface area contributed by atoms with E-state index in [1.807, 2.05) is 0 Å². The van der Waals surface area contributed by atoms with Gasteiger partial charge >= 0.3 is 0 Å². The van der Waals surface area contributed by atoms with Crippen LogP contribution in [0, 0.1) is 5.82 Å². The Morgan fingerprint density at radius 1 is 1.60 bits per heavy atom. The molecule has 0 radical (unpaired) electrons. The number of hydrogen-bond donors (Lipinski definition) is 2. The van der Waals surface area contributed by atoms with Crippen molar-refractivity contribution in [1.29, 1.82) is 0 Å². The molecule has 6 heteroatoms. The van der Waals surface area contributed by atoms with Crippen LogP contribution in [0.1, 0.15) is 0 Å². The molecule has 0 aromatic carbocycles. The highest BCUT2D eigenvalue weighted by molar-refractivity contribution is 6.30. The van der Waals surface area contributed by atoms with E-state index in [9.17, 15) is 9.50 Å². The zero-order valence-electron chi connectivity index (χ0n) is 7.78. The van der Waals surface area contributed by atoms with E-state index >= 15 is 0 Å². The summed E-state index contributed by atoms with van der Waals surface area (Å²) in [7, 11) is 0. The SMILES string of the molecule is O[C@@H]1COC[C@H]1Nc1ncc(Cl)cc1F. The molecule has 2 N–H and O–H groups in total. The van der Waals surface area contributed by atoms with Gasteiger partial charge in [0.15, 0.2) is 11.6 Å². The lowest BCUT2D eigenvalue weighted by molar-refractivity contribution is 0.125. The van der Waals surface area contributed by atoms with Crippen molar-refractivity contribution >= 4 is 17.4 Å². The van der Waals surface area contributed by atoms with Crippen LogP contribution in [0.3, 0.4) is 0 Å². The van der Waals surface area contributed by atoms with E-state index in [-0.39, 0.29) is 23.5 Å². The average molecular weight is 233 g/mol. The number of ether oxygens (including phenoxy) is 1. The maximum absolute atomic E-state index is 13.3. The predicted octanol–water partition coefficient (Wildman–Crippen LogP) is 1.05. The van der Waals surface area contributed by atoms with Crippen LogP contribution in [0.5, 0.6) is 0 Å². The zero-order chi connectivity index (χ0) is 10.8. The van der Waals surface area contributed by atoms with Crippen molar-refractivity contribution in [3.8, 4) is 0 Å². The molecule has 0 aliphatic carbocycles. The fourth-order valence-corrected chi connectivity index (χ4v) is 1.52. The first-order chi connectivity index (χ1) is 7.16. The fourth-order valence-electron chi connectivity index (χ4n) is 1.38. The quantitative estimate of drug-likeness (QED) is 0.800. The van der Waals surface area contributed by atoms with Gasteiger partial charge in [0.2, 0.25) is 0 Å². The highest BCUT2D eigenvalue weighted by Gasteiger charge is 2.26. The van der Waals surface area contributed by atoms with E-state index in [4.69, 9.17) is 16.3 Å². The molecule has 82 valence electrons. The van der Waals surface area contributed by atoms with Crippen molar-refractivity contribution in [2.24, 2.45) is 0 Å². The smallest absolute Gasteiger partial charge is 0.166 e. The molecular formula is C9H10ClFN2O2.